The molecule has 1 aromatic carbocycles. The summed E-state index contributed by atoms with van der Waals surface area (Å²) in [5.41, 5.74) is 0.533. The lowest BCUT2D eigenvalue weighted by Crippen LogP contribution is -2.28. The first-order valence-corrected chi connectivity index (χ1v) is 4.89. The second-order valence-electron chi connectivity index (χ2n) is 3.65. The van der Waals surface area contributed by atoms with E-state index in [0.717, 1.165) is 15.5 Å². The molecule has 0 aliphatic rings. The average Bonchev–Trinajstić information content (AvgIpc) is 2.28. The summed E-state index contributed by atoms with van der Waals surface area (Å²) in [6.07, 6.45) is 4.28. The van der Waals surface area contributed by atoms with E-state index in [1.807, 2.05) is 18.2 Å². The minimum atomic E-state index is 0.533. The standard InChI is InChI=1S/C12H8N2O2/c15-13-7-5-9-3-4-10-2-1-6-14(16)12(10)11(9)8-13/h1-8H. The van der Waals surface area contributed by atoms with Gasteiger partial charge in [0.05, 0.1) is 0 Å². The number of rotatable bonds is 0. The van der Waals surface area contributed by atoms with Crippen LogP contribution in [-0.4, -0.2) is 0 Å². The van der Waals surface area contributed by atoms with Gasteiger partial charge >= 0.3 is 0 Å². The summed E-state index contributed by atoms with van der Waals surface area (Å²) >= 11 is 0. The summed E-state index contributed by atoms with van der Waals surface area (Å²) in [5, 5.41) is 25.3. The smallest absolute Gasteiger partial charge is 0.237 e. The van der Waals surface area contributed by atoms with Crippen LogP contribution in [0.2, 0.25) is 0 Å². The minimum Gasteiger partial charge on any atom is -0.619 e. The van der Waals surface area contributed by atoms with Gasteiger partial charge < -0.3 is 10.4 Å². The molecule has 0 bridgehead atoms. The van der Waals surface area contributed by atoms with Crippen LogP contribution in [0.15, 0.2) is 48.9 Å². The summed E-state index contributed by atoms with van der Waals surface area (Å²) in [5.74, 6) is 0. The van der Waals surface area contributed by atoms with Crippen molar-refractivity contribution in [1.82, 2.24) is 0 Å². The lowest BCUT2D eigenvalue weighted by Gasteiger charge is -2.04. The number of hydrogen-bond acceptors (Lipinski definition) is 2. The maximum absolute atomic E-state index is 11.7. The predicted octanol–water partition coefficient (Wildman–Crippen LogP) is 1.26. The fraction of sp³-hybridized carbons (Fsp3) is 0. The van der Waals surface area contributed by atoms with Gasteiger partial charge in [-0.3, -0.25) is 0 Å². The molecule has 0 aliphatic heterocycles. The molecule has 0 aliphatic carbocycles. The van der Waals surface area contributed by atoms with Crippen molar-refractivity contribution >= 4 is 21.7 Å². The molecular formula is C12H8N2O2. The summed E-state index contributed by atoms with van der Waals surface area (Å²) in [7, 11) is 0. The lowest BCUT2D eigenvalue weighted by atomic mass is 10.1. The highest BCUT2D eigenvalue weighted by atomic mass is 16.5. The topological polar surface area (TPSA) is 53.9 Å². The van der Waals surface area contributed by atoms with Crippen LogP contribution in [0.5, 0.6) is 0 Å². The molecule has 3 rings (SSSR count). The van der Waals surface area contributed by atoms with Gasteiger partial charge in [-0.25, -0.2) is 0 Å². The van der Waals surface area contributed by atoms with Gasteiger partial charge in [0.2, 0.25) is 5.52 Å². The first-order chi connectivity index (χ1) is 7.75. The molecule has 2 aromatic heterocycles. The van der Waals surface area contributed by atoms with E-state index in [2.05, 4.69) is 0 Å². The molecule has 3 aromatic rings. The lowest BCUT2D eigenvalue weighted by molar-refractivity contribution is -0.604. The van der Waals surface area contributed by atoms with Crippen LogP contribution in [0.4, 0.5) is 0 Å². The van der Waals surface area contributed by atoms with Crippen LogP contribution >= 0.6 is 0 Å². The number of nitrogens with zero attached hydrogens (tertiary/aromatic N) is 2. The van der Waals surface area contributed by atoms with Crippen molar-refractivity contribution in [2.24, 2.45) is 0 Å². The zero-order valence-corrected chi connectivity index (χ0v) is 8.33. The van der Waals surface area contributed by atoms with Gasteiger partial charge in [-0.05, 0) is 12.1 Å². The zero-order chi connectivity index (χ0) is 11.1. The van der Waals surface area contributed by atoms with Crippen LogP contribution in [0.3, 0.4) is 0 Å². The van der Waals surface area contributed by atoms with Gasteiger partial charge in [0.25, 0.3) is 0 Å². The Labute approximate surface area is 91.2 Å². The van der Waals surface area contributed by atoms with E-state index in [1.165, 1.54) is 18.6 Å². The Morgan fingerprint density at radius 1 is 0.875 bits per heavy atom. The highest BCUT2D eigenvalue weighted by molar-refractivity contribution is 6.02. The van der Waals surface area contributed by atoms with E-state index in [1.54, 1.807) is 12.1 Å². The van der Waals surface area contributed by atoms with E-state index in [9.17, 15) is 10.4 Å². The number of benzene rings is 1. The number of fused-ring (bicyclic) bond motifs is 3. The van der Waals surface area contributed by atoms with E-state index in [4.69, 9.17) is 0 Å². The third-order valence-electron chi connectivity index (χ3n) is 2.66. The Balaban J connectivity index is 2.61. The zero-order valence-electron chi connectivity index (χ0n) is 8.33. The van der Waals surface area contributed by atoms with Crippen LogP contribution < -0.4 is 9.46 Å². The number of aromatic nitrogens is 2. The van der Waals surface area contributed by atoms with E-state index in [0.29, 0.717) is 15.6 Å². The molecule has 0 unspecified atom stereocenters. The largest absolute Gasteiger partial charge is 0.619 e. The molecule has 4 nitrogen and oxygen atoms in total. The quantitative estimate of drug-likeness (QED) is 0.320. The Morgan fingerprint density at radius 2 is 1.69 bits per heavy atom. The normalized spacial score (nSPS) is 11.0. The highest BCUT2D eigenvalue weighted by Gasteiger charge is 2.10. The molecular weight excluding hydrogens is 204 g/mol. The van der Waals surface area contributed by atoms with Crippen molar-refractivity contribution in [2.45, 2.75) is 0 Å². The van der Waals surface area contributed by atoms with Crippen LogP contribution in [-0.2, 0) is 0 Å². The van der Waals surface area contributed by atoms with E-state index < -0.39 is 0 Å². The minimum absolute atomic E-state index is 0.533. The molecule has 0 radical (unpaired) electrons. The molecule has 78 valence electrons. The SMILES string of the molecule is [O-][n+]1ccc2ccc3ccc[n+]([O-])c3c2c1. The second-order valence-corrected chi connectivity index (χ2v) is 3.65. The maximum Gasteiger partial charge on any atom is 0.237 e. The Morgan fingerprint density at radius 3 is 2.56 bits per heavy atom. The number of pyridine rings is 2. The maximum atomic E-state index is 11.7. The van der Waals surface area contributed by atoms with Gasteiger partial charge in [-0.15, -0.1) is 0 Å². The van der Waals surface area contributed by atoms with Crippen molar-refractivity contribution in [2.75, 3.05) is 0 Å². The molecule has 2 heterocycles. The van der Waals surface area contributed by atoms with Gasteiger partial charge in [-0.2, -0.15) is 9.46 Å². The molecule has 0 fully saturated rings. The molecule has 4 heteroatoms. The van der Waals surface area contributed by atoms with Crippen LogP contribution in [0, 0.1) is 10.4 Å². The third-order valence-corrected chi connectivity index (χ3v) is 2.66. The van der Waals surface area contributed by atoms with E-state index >= 15 is 0 Å². The first kappa shape index (κ1) is 8.91. The molecule has 16 heavy (non-hydrogen) atoms. The summed E-state index contributed by atoms with van der Waals surface area (Å²) < 4.78 is 1.49. The molecule has 0 N–H and O–H groups in total. The molecule has 0 saturated carbocycles. The molecule has 0 atom stereocenters. The van der Waals surface area contributed by atoms with Crippen molar-refractivity contribution in [1.29, 1.82) is 0 Å². The third kappa shape index (κ3) is 1.16. The summed E-state index contributed by atoms with van der Waals surface area (Å²) in [4.78, 5) is 0. The highest BCUT2D eigenvalue weighted by Crippen LogP contribution is 2.20. The summed E-state index contributed by atoms with van der Waals surface area (Å²) in [6, 6.07) is 9.02. The van der Waals surface area contributed by atoms with Crippen LogP contribution in [0.25, 0.3) is 21.7 Å². The Hall–Kier alpha value is -2.36. The fourth-order valence-electron chi connectivity index (χ4n) is 1.93. The molecule has 0 saturated heterocycles. The monoisotopic (exact) mass is 212 g/mol. The van der Waals surface area contributed by atoms with Crippen molar-refractivity contribution in [3.8, 4) is 0 Å². The second kappa shape index (κ2) is 3.06. The van der Waals surface area contributed by atoms with E-state index in [-0.39, 0.29) is 0 Å². The van der Waals surface area contributed by atoms with Crippen molar-refractivity contribution < 1.29 is 9.46 Å². The molecule has 0 amide bonds. The van der Waals surface area contributed by atoms with Gasteiger partial charge in [-0.1, -0.05) is 6.07 Å². The van der Waals surface area contributed by atoms with Gasteiger partial charge in [0, 0.05) is 22.9 Å². The van der Waals surface area contributed by atoms with Gasteiger partial charge in [0.15, 0.2) is 18.6 Å². The Bertz CT molecular complexity index is 695. The fourth-order valence-corrected chi connectivity index (χ4v) is 1.93. The van der Waals surface area contributed by atoms with Crippen LogP contribution in [0.1, 0.15) is 0 Å². The Kier molecular flexibility index (Phi) is 1.71. The van der Waals surface area contributed by atoms with Crippen molar-refractivity contribution in [3.05, 3.63) is 59.3 Å². The van der Waals surface area contributed by atoms with Crippen molar-refractivity contribution in [3.63, 3.8) is 0 Å². The predicted molar refractivity (Wildman–Crippen MR) is 59.4 cm³/mol. The van der Waals surface area contributed by atoms with Gasteiger partial charge in [0.1, 0.15) is 5.39 Å². The summed E-state index contributed by atoms with van der Waals surface area (Å²) in [6.45, 7) is 0. The molecule has 0 spiro atoms. The number of hydrogen-bond donors (Lipinski definition) is 0. The first-order valence-electron chi connectivity index (χ1n) is 4.89. The average molecular weight is 212 g/mol.